The molecule has 3 aromatic rings. The highest BCUT2D eigenvalue weighted by Crippen LogP contribution is 2.18. The van der Waals surface area contributed by atoms with Crippen LogP contribution in [-0.2, 0) is 6.54 Å². The van der Waals surface area contributed by atoms with E-state index in [-0.39, 0.29) is 5.91 Å². The van der Waals surface area contributed by atoms with E-state index in [1.54, 1.807) is 23.3 Å². The molecule has 1 aliphatic heterocycles. The number of aromatic nitrogens is 4. The lowest BCUT2D eigenvalue weighted by Crippen LogP contribution is -2.44. The number of hydrogen-bond donors (Lipinski definition) is 1. The van der Waals surface area contributed by atoms with E-state index in [1.165, 1.54) is 0 Å². The second-order valence-electron chi connectivity index (χ2n) is 6.91. The minimum atomic E-state index is -0.162. The first kappa shape index (κ1) is 18.1. The molecule has 144 valence electrons. The van der Waals surface area contributed by atoms with Crippen molar-refractivity contribution in [3.63, 3.8) is 0 Å². The first-order chi connectivity index (χ1) is 13.7. The molecule has 1 aliphatic rings. The van der Waals surface area contributed by atoms with E-state index in [2.05, 4.69) is 37.5 Å². The first-order valence-corrected chi connectivity index (χ1v) is 9.32. The molecule has 1 aromatic carbocycles. The molecule has 3 heterocycles. The molecule has 1 fully saturated rings. The van der Waals surface area contributed by atoms with Crippen LogP contribution < -0.4 is 10.2 Å². The SMILES string of the molecule is CN1CCN(c2ccc(NC(=O)c3ccccc3Cn3ccnn3)cn2)CC1. The predicted octanol–water partition coefficient (Wildman–Crippen LogP) is 1.73. The van der Waals surface area contributed by atoms with Crippen molar-refractivity contribution < 1.29 is 4.79 Å². The van der Waals surface area contributed by atoms with Gasteiger partial charge in [0.05, 0.1) is 24.6 Å². The van der Waals surface area contributed by atoms with Crippen molar-refractivity contribution >= 4 is 17.4 Å². The fraction of sp³-hybridized carbons (Fsp3) is 0.300. The molecule has 2 aromatic heterocycles. The van der Waals surface area contributed by atoms with Gasteiger partial charge in [-0.1, -0.05) is 23.4 Å². The summed E-state index contributed by atoms with van der Waals surface area (Å²) in [5.74, 6) is 0.780. The van der Waals surface area contributed by atoms with Crippen LogP contribution in [0.15, 0.2) is 55.0 Å². The second-order valence-corrected chi connectivity index (χ2v) is 6.91. The Bertz CT molecular complexity index is 916. The minimum absolute atomic E-state index is 0.162. The number of amides is 1. The highest BCUT2D eigenvalue weighted by molar-refractivity contribution is 6.05. The number of piperazine rings is 1. The lowest BCUT2D eigenvalue weighted by molar-refractivity contribution is 0.102. The summed E-state index contributed by atoms with van der Waals surface area (Å²) in [6, 6.07) is 11.4. The number of carbonyl (C=O) groups excluding carboxylic acids is 1. The molecule has 0 unspecified atom stereocenters. The van der Waals surface area contributed by atoms with Crippen molar-refractivity contribution in [2.24, 2.45) is 0 Å². The van der Waals surface area contributed by atoms with E-state index in [0.717, 1.165) is 37.6 Å². The number of nitrogens with one attached hydrogen (secondary N) is 1. The molecule has 0 radical (unpaired) electrons. The van der Waals surface area contributed by atoms with Gasteiger partial charge in [-0.15, -0.1) is 5.10 Å². The molecular formula is C20H23N7O. The van der Waals surface area contributed by atoms with Crippen molar-refractivity contribution in [3.05, 3.63) is 66.1 Å². The molecule has 0 spiro atoms. The second kappa shape index (κ2) is 8.18. The fourth-order valence-electron chi connectivity index (χ4n) is 3.25. The van der Waals surface area contributed by atoms with Gasteiger partial charge in [-0.2, -0.15) is 0 Å². The maximum absolute atomic E-state index is 12.8. The van der Waals surface area contributed by atoms with E-state index < -0.39 is 0 Å². The topological polar surface area (TPSA) is 79.2 Å². The fourth-order valence-corrected chi connectivity index (χ4v) is 3.25. The van der Waals surface area contributed by atoms with Crippen LogP contribution in [0.2, 0.25) is 0 Å². The third kappa shape index (κ3) is 4.17. The number of hydrogen-bond acceptors (Lipinski definition) is 6. The maximum Gasteiger partial charge on any atom is 0.256 e. The van der Waals surface area contributed by atoms with Gasteiger partial charge in [-0.3, -0.25) is 4.79 Å². The van der Waals surface area contributed by atoms with Crippen LogP contribution in [-0.4, -0.2) is 64.0 Å². The molecule has 1 amide bonds. The third-order valence-corrected chi connectivity index (χ3v) is 4.90. The van der Waals surface area contributed by atoms with Gasteiger partial charge in [0.2, 0.25) is 0 Å². The molecule has 4 rings (SSSR count). The number of benzene rings is 1. The Morgan fingerprint density at radius 3 is 2.64 bits per heavy atom. The molecule has 8 nitrogen and oxygen atoms in total. The van der Waals surface area contributed by atoms with Gasteiger partial charge in [-0.05, 0) is 30.8 Å². The molecule has 1 saturated heterocycles. The summed E-state index contributed by atoms with van der Waals surface area (Å²) in [5, 5.41) is 10.7. The van der Waals surface area contributed by atoms with E-state index in [4.69, 9.17) is 0 Å². The Labute approximate surface area is 163 Å². The number of pyridine rings is 1. The molecule has 1 N–H and O–H groups in total. The van der Waals surface area contributed by atoms with Crippen LogP contribution in [0.4, 0.5) is 11.5 Å². The van der Waals surface area contributed by atoms with Gasteiger partial charge in [0, 0.05) is 37.9 Å². The summed E-state index contributed by atoms with van der Waals surface area (Å²) in [4.78, 5) is 21.9. The predicted molar refractivity (Wildman–Crippen MR) is 107 cm³/mol. The highest BCUT2D eigenvalue weighted by Gasteiger charge is 2.16. The first-order valence-electron chi connectivity index (χ1n) is 9.32. The Morgan fingerprint density at radius 1 is 1.11 bits per heavy atom. The van der Waals surface area contributed by atoms with Crippen LogP contribution in [0.1, 0.15) is 15.9 Å². The average molecular weight is 377 g/mol. The monoisotopic (exact) mass is 377 g/mol. The summed E-state index contributed by atoms with van der Waals surface area (Å²) in [6.45, 7) is 4.48. The van der Waals surface area contributed by atoms with Gasteiger partial charge in [-0.25, -0.2) is 9.67 Å². The zero-order chi connectivity index (χ0) is 19.3. The summed E-state index contributed by atoms with van der Waals surface area (Å²) < 4.78 is 1.69. The Hall–Kier alpha value is -3.26. The summed E-state index contributed by atoms with van der Waals surface area (Å²) >= 11 is 0. The number of rotatable bonds is 5. The van der Waals surface area contributed by atoms with Gasteiger partial charge < -0.3 is 15.1 Å². The Kier molecular flexibility index (Phi) is 5.29. The van der Waals surface area contributed by atoms with Crippen molar-refractivity contribution in [3.8, 4) is 0 Å². The minimum Gasteiger partial charge on any atom is -0.354 e. The lowest BCUT2D eigenvalue weighted by Gasteiger charge is -2.33. The molecule has 8 heteroatoms. The number of nitrogens with zero attached hydrogens (tertiary/aromatic N) is 6. The average Bonchev–Trinajstić information content (AvgIpc) is 3.23. The summed E-state index contributed by atoms with van der Waals surface area (Å²) in [7, 11) is 2.13. The molecule has 28 heavy (non-hydrogen) atoms. The van der Waals surface area contributed by atoms with Gasteiger partial charge in [0.25, 0.3) is 5.91 Å². The van der Waals surface area contributed by atoms with Crippen LogP contribution >= 0.6 is 0 Å². The van der Waals surface area contributed by atoms with E-state index in [9.17, 15) is 4.79 Å². The van der Waals surface area contributed by atoms with E-state index in [1.807, 2.05) is 36.4 Å². The van der Waals surface area contributed by atoms with Crippen LogP contribution in [0.25, 0.3) is 0 Å². The molecule has 0 bridgehead atoms. The Morgan fingerprint density at radius 2 is 1.93 bits per heavy atom. The molecular weight excluding hydrogens is 354 g/mol. The number of carbonyl (C=O) groups is 1. The van der Waals surface area contributed by atoms with Crippen LogP contribution in [0.5, 0.6) is 0 Å². The summed E-state index contributed by atoms with van der Waals surface area (Å²) in [6.07, 6.45) is 5.11. The molecule has 0 saturated carbocycles. The number of likely N-dealkylation sites (N-methyl/N-ethyl adjacent to an activating group) is 1. The standard InChI is InChI=1S/C20H23N7O/c1-25-10-12-26(13-11-25)19-7-6-17(14-21-19)23-20(28)18-5-3-2-4-16(18)15-27-9-8-22-24-27/h2-9,14H,10-13,15H2,1H3,(H,23,28). The highest BCUT2D eigenvalue weighted by atomic mass is 16.1. The van der Waals surface area contributed by atoms with Crippen molar-refractivity contribution in [1.29, 1.82) is 0 Å². The zero-order valence-corrected chi connectivity index (χ0v) is 15.8. The Balaban J connectivity index is 1.44. The van der Waals surface area contributed by atoms with Gasteiger partial charge >= 0.3 is 0 Å². The third-order valence-electron chi connectivity index (χ3n) is 4.90. The lowest BCUT2D eigenvalue weighted by atomic mass is 10.1. The molecule has 0 aliphatic carbocycles. The van der Waals surface area contributed by atoms with E-state index in [0.29, 0.717) is 17.8 Å². The number of anilines is 2. The van der Waals surface area contributed by atoms with Crippen LogP contribution in [0, 0.1) is 0 Å². The smallest absolute Gasteiger partial charge is 0.256 e. The van der Waals surface area contributed by atoms with E-state index >= 15 is 0 Å². The quantitative estimate of drug-likeness (QED) is 0.729. The van der Waals surface area contributed by atoms with Crippen molar-refractivity contribution in [2.45, 2.75) is 6.54 Å². The van der Waals surface area contributed by atoms with Gasteiger partial charge in [0.15, 0.2) is 0 Å². The zero-order valence-electron chi connectivity index (χ0n) is 15.8. The van der Waals surface area contributed by atoms with Gasteiger partial charge in [0.1, 0.15) is 5.82 Å². The summed E-state index contributed by atoms with van der Waals surface area (Å²) in [5.41, 5.74) is 2.17. The largest absolute Gasteiger partial charge is 0.354 e. The van der Waals surface area contributed by atoms with Crippen molar-refractivity contribution in [1.82, 2.24) is 24.9 Å². The van der Waals surface area contributed by atoms with Crippen LogP contribution in [0.3, 0.4) is 0 Å². The van der Waals surface area contributed by atoms with Crippen molar-refractivity contribution in [2.75, 3.05) is 43.4 Å². The maximum atomic E-state index is 12.8. The molecule has 0 atom stereocenters. The normalized spacial score (nSPS) is 14.8.